The molecule has 2 rings (SSSR count). The molecule has 0 spiro atoms. The maximum atomic E-state index is 2.42. The van der Waals surface area contributed by atoms with E-state index < -0.39 is 0 Å². The van der Waals surface area contributed by atoms with Gasteiger partial charge in [0.15, 0.2) is 0 Å². The Morgan fingerprint density at radius 2 is 0.826 bits per heavy atom. The Labute approximate surface area is 143 Å². The fraction of sp³-hybridized carbons (Fsp3) is 0.478. The summed E-state index contributed by atoms with van der Waals surface area (Å²) < 4.78 is 0. The Kier molecular flexibility index (Phi) is 5.04. The lowest BCUT2D eigenvalue weighted by molar-refractivity contribution is 0.477. The molecule has 0 bridgehead atoms. The third-order valence-corrected chi connectivity index (χ3v) is 6.17. The summed E-state index contributed by atoms with van der Waals surface area (Å²) in [7, 11) is 0. The van der Waals surface area contributed by atoms with E-state index in [2.05, 4.69) is 79.7 Å². The summed E-state index contributed by atoms with van der Waals surface area (Å²) in [6.07, 6.45) is 2.26. The highest BCUT2D eigenvalue weighted by Crippen LogP contribution is 2.41. The maximum Gasteiger partial charge on any atom is 0.0198 e. The van der Waals surface area contributed by atoms with Crippen molar-refractivity contribution in [3.8, 4) is 0 Å². The van der Waals surface area contributed by atoms with Crippen LogP contribution in [0.5, 0.6) is 0 Å². The number of hydrogen-bond donors (Lipinski definition) is 0. The first kappa shape index (κ1) is 17.8. The van der Waals surface area contributed by atoms with E-state index >= 15 is 0 Å². The van der Waals surface area contributed by atoms with Crippen molar-refractivity contribution in [1.29, 1.82) is 0 Å². The minimum Gasteiger partial charge on any atom is -0.0642 e. The van der Waals surface area contributed by atoms with Crippen LogP contribution < -0.4 is 0 Å². The molecule has 124 valence electrons. The number of rotatable bonds is 4. The molecule has 0 aliphatic carbocycles. The molecule has 0 radical (unpaired) electrons. The summed E-state index contributed by atoms with van der Waals surface area (Å²) >= 11 is 0. The molecule has 2 aromatic rings. The Bertz CT molecular complexity index is 609. The fourth-order valence-electron chi connectivity index (χ4n) is 3.86. The summed E-state index contributed by atoms with van der Waals surface area (Å²) in [5.41, 5.74) is 11.6. The van der Waals surface area contributed by atoms with Gasteiger partial charge in [-0.05, 0) is 98.9 Å². The van der Waals surface area contributed by atoms with Gasteiger partial charge in [-0.25, -0.2) is 0 Å². The molecule has 0 saturated heterocycles. The van der Waals surface area contributed by atoms with E-state index in [1.165, 1.54) is 44.5 Å². The van der Waals surface area contributed by atoms with E-state index in [0.717, 1.165) is 12.8 Å². The molecule has 0 N–H and O–H groups in total. The minimum atomic E-state index is 0.117. The zero-order valence-corrected chi connectivity index (χ0v) is 16.2. The van der Waals surface area contributed by atoms with Crippen molar-refractivity contribution >= 4 is 0 Å². The van der Waals surface area contributed by atoms with Crippen LogP contribution in [0.3, 0.4) is 0 Å². The van der Waals surface area contributed by atoms with Gasteiger partial charge in [0.2, 0.25) is 0 Å². The molecule has 23 heavy (non-hydrogen) atoms. The first-order chi connectivity index (χ1) is 10.8. The van der Waals surface area contributed by atoms with Gasteiger partial charge in [0.1, 0.15) is 0 Å². The maximum absolute atomic E-state index is 2.42. The van der Waals surface area contributed by atoms with Crippen molar-refractivity contribution in [3.05, 3.63) is 68.8 Å². The smallest absolute Gasteiger partial charge is 0.0198 e. The summed E-state index contributed by atoms with van der Waals surface area (Å²) in [5, 5.41) is 0. The van der Waals surface area contributed by atoms with Gasteiger partial charge in [-0.15, -0.1) is 0 Å². The highest BCUT2D eigenvalue weighted by molar-refractivity contribution is 5.49. The van der Waals surface area contributed by atoms with Gasteiger partial charge < -0.3 is 0 Å². The largest absolute Gasteiger partial charge is 0.0642 e. The highest BCUT2D eigenvalue weighted by atomic mass is 14.3. The molecule has 0 aliphatic heterocycles. The normalized spacial score (nSPS) is 11.8. The SMILES string of the molecule is CCC(CC)(c1cc(C)c(C)c(C)c1)c1cc(C)c(C)c(C)c1. The van der Waals surface area contributed by atoms with Crippen LogP contribution in [0.2, 0.25) is 0 Å². The van der Waals surface area contributed by atoms with Gasteiger partial charge >= 0.3 is 0 Å². The Balaban J connectivity index is 2.74. The summed E-state index contributed by atoms with van der Waals surface area (Å²) in [6.45, 7) is 18.1. The Morgan fingerprint density at radius 3 is 1.04 bits per heavy atom. The molecule has 0 heteroatoms. The lowest BCUT2D eigenvalue weighted by atomic mass is 9.69. The zero-order valence-electron chi connectivity index (χ0n) is 16.2. The summed E-state index contributed by atoms with van der Waals surface area (Å²) in [4.78, 5) is 0. The molecule has 0 nitrogen and oxygen atoms in total. The molecule has 0 fully saturated rings. The van der Waals surface area contributed by atoms with Gasteiger partial charge in [-0.2, -0.15) is 0 Å². The predicted octanol–water partition coefficient (Wildman–Crippen LogP) is 6.64. The van der Waals surface area contributed by atoms with Crippen LogP contribution in [0.25, 0.3) is 0 Å². The molecular formula is C23H32. The first-order valence-electron chi connectivity index (χ1n) is 8.93. The van der Waals surface area contributed by atoms with Gasteiger partial charge in [-0.1, -0.05) is 38.1 Å². The average Bonchev–Trinajstić information content (AvgIpc) is 2.51. The van der Waals surface area contributed by atoms with Gasteiger partial charge in [0, 0.05) is 5.41 Å². The van der Waals surface area contributed by atoms with Crippen LogP contribution in [0.1, 0.15) is 71.2 Å². The van der Waals surface area contributed by atoms with E-state index in [9.17, 15) is 0 Å². The van der Waals surface area contributed by atoms with E-state index in [0.29, 0.717) is 0 Å². The molecule has 0 aliphatic rings. The Morgan fingerprint density at radius 1 is 0.565 bits per heavy atom. The second-order valence-corrected chi connectivity index (χ2v) is 7.26. The average molecular weight is 309 g/mol. The molecule has 0 amide bonds. The Hall–Kier alpha value is -1.56. The number of benzene rings is 2. The molecule has 0 heterocycles. The lowest BCUT2D eigenvalue weighted by Crippen LogP contribution is -2.27. The number of aryl methyl sites for hydroxylation is 4. The third-order valence-electron chi connectivity index (χ3n) is 6.17. The van der Waals surface area contributed by atoms with E-state index in [-0.39, 0.29) is 5.41 Å². The van der Waals surface area contributed by atoms with Crippen molar-refractivity contribution in [2.45, 2.75) is 73.6 Å². The van der Waals surface area contributed by atoms with Gasteiger partial charge in [-0.3, -0.25) is 0 Å². The second kappa shape index (κ2) is 6.51. The molecule has 0 atom stereocenters. The zero-order chi connectivity index (χ0) is 17.4. The topological polar surface area (TPSA) is 0 Å². The van der Waals surface area contributed by atoms with E-state index in [4.69, 9.17) is 0 Å². The molecule has 2 aromatic carbocycles. The standard InChI is InChI=1S/C23H32/c1-9-23(10-2,21-11-15(3)19(7)16(4)12-21)22-13-17(5)20(8)18(6)14-22/h11-14H,9-10H2,1-8H3. The third kappa shape index (κ3) is 2.96. The van der Waals surface area contributed by atoms with Crippen molar-refractivity contribution in [2.75, 3.05) is 0 Å². The molecular weight excluding hydrogens is 276 g/mol. The van der Waals surface area contributed by atoms with Crippen LogP contribution in [-0.2, 0) is 5.41 Å². The van der Waals surface area contributed by atoms with Gasteiger partial charge in [0.05, 0.1) is 0 Å². The quantitative estimate of drug-likeness (QED) is 0.593. The van der Waals surface area contributed by atoms with Crippen LogP contribution in [-0.4, -0.2) is 0 Å². The van der Waals surface area contributed by atoms with E-state index in [1.807, 2.05) is 0 Å². The molecule has 0 unspecified atom stereocenters. The first-order valence-corrected chi connectivity index (χ1v) is 8.93. The van der Waals surface area contributed by atoms with E-state index in [1.54, 1.807) is 0 Å². The molecule has 0 aromatic heterocycles. The second-order valence-electron chi connectivity index (χ2n) is 7.26. The van der Waals surface area contributed by atoms with Gasteiger partial charge in [0.25, 0.3) is 0 Å². The van der Waals surface area contributed by atoms with Crippen molar-refractivity contribution < 1.29 is 0 Å². The fourth-order valence-corrected chi connectivity index (χ4v) is 3.86. The summed E-state index contributed by atoms with van der Waals surface area (Å²) in [6, 6.07) is 9.67. The van der Waals surface area contributed by atoms with Crippen molar-refractivity contribution in [2.24, 2.45) is 0 Å². The van der Waals surface area contributed by atoms with Crippen LogP contribution in [0.15, 0.2) is 24.3 Å². The predicted molar refractivity (Wildman–Crippen MR) is 103 cm³/mol. The summed E-state index contributed by atoms with van der Waals surface area (Å²) in [5.74, 6) is 0. The van der Waals surface area contributed by atoms with Crippen LogP contribution in [0.4, 0.5) is 0 Å². The highest BCUT2D eigenvalue weighted by Gasteiger charge is 2.31. The molecule has 0 saturated carbocycles. The van der Waals surface area contributed by atoms with Crippen molar-refractivity contribution in [1.82, 2.24) is 0 Å². The van der Waals surface area contributed by atoms with Crippen LogP contribution in [0, 0.1) is 41.5 Å². The van der Waals surface area contributed by atoms with Crippen LogP contribution >= 0.6 is 0 Å². The lowest BCUT2D eigenvalue weighted by Gasteiger charge is -2.35. The van der Waals surface area contributed by atoms with Crippen molar-refractivity contribution in [3.63, 3.8) is 0 Å². The number of hydrogen-bond acceptors (Lipinski definition) is 0. The minimum absolute atomic E-state index is 0.117. The monoisotopic (exact) mass is 308 g/mol.